The molecule has 0 spiro atoms. The third-order valence-corrected chi connectivity index (χ3v) is 7.08. The number of piperidine rings is 1. The monoisotopic (exact) mass is 535 g/mol. The number of nitrogens with two attached hydrogens (primary N) is 2. The Morgan fingerprint density at radius 2 is 1.46 bits per heavy atom. The van der Waals surface area contributed by atoms with Crippen molar-refractivity contribution >= 4 is 17.5 Å². The van der Waals surface area contributed by atoms with Gasteiger partial charge in [-0.25, -0.2) is 4.79 Å². The fraction of sp³-hybridized carbons (Fsp3) is 0.357. The van der Waals surface area contributed by atoms with E-state index in [1.807, 2.05) is 0 Å². The summed E-state index contributed by atoms with van der Waals surface area (Å²) in [5, 5.41) is 0. The van der Waals surface area contributed by atoms with Crippen LogP contribution in [0.4, 0.5) is 5.82 Å². The smallest absolute Gasteiger partial charge is 0.333 e. The summed E-state index contributed by atoms with van der Waals surface area (Å²) in [5.74, 6) is -0.345. The van der Waals surface area contributed by atoms with Crippen LogP contribution in [0, 0.1) is 0 Å². The Bertz CT molecular complexity index is 1490. The lowest BCUT2D eigenvalue weighted by Gasteiger charge is -2.33. The van der Waals surface area contributed by atoms with E-state index in [0.29, 0.717) is 35.6 Å². The lowest BCUT2D eigenvalue weighted by molar-refractivity contribution is -0.124. The highest BCUT2D eigenvalue weighted by atomic mass is 16.5. The zero-order valence-electron chi connectivity index (χ0n) is 22.1. The molecule has 3 aromatic rings. The summed E-state index contributed by atoms with van der Waals surface area (Å²) in [5.41, 5.74) is 11.4. The maximum absolute atomic E-state index is 13.7. The number of methoxy groups -OCH3 is 2. The zero-order chi connectivity index (χ0) is 28.1. The number of nitrogens with zero attached hydrogens (tertiary/aromatic N) is 3. The molecule has 1 fully saturated rings. The third-order valence-electron chi connectivity index (χ3n) is 7.08. The number of anilines is 1. The lowest BCUT2D eigenvalue weighted by atomic mass is 10.0. The maximum atomic E-state index is 13.7. The Morgan fingerprint density at radius 3 is 2.03 bits per heavy atom. The summed E-state index contributed by atoms with van der Waals surface area (Å²) in [6.07, 6.45) is 2.14. The van der Waals surface area contributed by atoms with Crippen LogP contribution in [-0.2, 0) is 17.9 Å². The van der Waals surface area contributed by atoms with Gasteiger partial charge in [0.2, 0.25) is 5.91 Å². The second-order valence-corrected chi connectivity index (χ2v) is 9.45. The number of hydrogen-bond donors (Lipinski definition) is 2. The van der Waals surface area contributed by atoms with Crippen LogP contribution in [-0.4, -0.2) is 59.1 Å². The second kappa shape index (κ2) is 12.0. The summed E-state index contributed by atoms with van der Waals surface area (Å²) >= 11 is 0. The largest absolute Gasteiger partial charge is 0.496 e. The van der Waals surface area contributed by atoms with Gasteiger partial charge in [0.05, 0.1) is 39.9 Å². The van der Waals surface area contributed by atoms with Crippen LogP contribution >= 0.6 is 0 Å². The van der Waals surface area contributed by atoms with E-state index in [0.717, 1.165) is 17.4 Å². The molecule has 1 atom stereocenters. The predicted octanol–water partition coefficient (Wildman–Crippen LogP) is 1.23. The summed E-state index contributed by atoms with van der Waals surface area (Å²) in [4.78, 5) is 54.7. The van der Waals surface area contributed by atoms with Crippen molar-refractivity contribution in [3.63, 3.8) is 0 Å². The van der Waals surface area contributed by atoms with E-state index in [-0.39, 0.29) is 31.0 Å². The highest BCUT2D eigenvalue weighted by Gasteiger charge is 2.31. The Balaban J connectivity index is 1.84. The number of ether oxygens (including phenoxy) is 2. The van der Waals surface area contributed by atoms with E-state index < -0.39 is 29.0 Å². The minimum Gasteiger partial charge on any atom is -0.496 e. The molecule has 4 N–H and O–H groups in total. The Morgan fingerprint density at radius 1 is 0.897 bits per heavy atom. The number of benzene rings is 2. The minimum atomic E-state index is -0.808. The quantitative estimate of drug-likeness (QED) is 0.368. The molecule has 2 heterocycles. The van der Waals surface area contributed by atoms with E-state index in [1.165, 1.54) is 18.8 Å². The first-order valence-corrected chi connectivity index (χ1v) is 12.7. The fourth-order valence-corrected chi connectivity index (χ4v) is 5.04. The fourth-order valence-electron chi connectivity index (χ4n) is 5.04. The van der Waals surface area contributed by atoms with Crippen LogP contribution in [0.5, 0.6) is 11.5 Å². The van der Waals surface area contributed by atoms with E-state index in [2.05, 4.69) is 0 Å². The Hall–Kier alpha value is -4.38. The normalized spacial score (nSPS) is 15.6. The molecule has 0 saturated carbocycles. The molecule has 1 saturated heterocycles. The molecule has 0 bridgehead atoms. The van der Waals surface area contributed by atoms with Gasteiger partial charge < -0.3 is 20.9 Å². The Kier molecular flexibility index (Phi) is 8.50. The van der Waals surface area contributed by atoms with Gasteiger partial charge in [0.1, 0.15) is 22.9 Å². The molecule has 2 aromatic carbocycles. The number of ketones is 1. The van der Waals surface area contributed by atoms with Gasteiger partial charge in [0, 0.05) is 11.1 Å². The molecule has 1 amide bonds. The summed E-state index contributed by atoms with van der Waals surface area (Å²) in [6, 6.07) is 13.5. The number of Topliss-reactive ketones (excluding diaryl/α,β-unsaturated/α-hetero) is 1. The van der Waals surface area contributed by atoms with Gasteiger partial charge in [-0.15, -0.1) is 0 Å². The van der Waals surface area contributed by atoms with Crippen molar-refractivity contribution in [3.8, 4) is 11.5 Å². The molecule has 11 heteroatoms. The molecule has 1 aromatic heterocycles. The summed E-state index contributed by atoms with van der Waals surface area (Å²) < 4.78 is 13.0. The van der Waals surface area contributed by atoms with Crippen molar-refractivity contribution < 1.29 is 19.1 Å². The van der Waals surface area contributed by atoms with Crippen molar-refractivity contribution in [1.82, 2.24) is 14.0 Å². The standard InChI is InChI=1S/C28H33N5O6/c1-38-22-12-5-3-9-18(22)15-32-25(29)24(21(34)17-31-14-8-7-11-20(31)26(30)35)27(36)33(28(32)37)16-19-10-4-6-13-23(19)39-2/h3-6,9-10,12-13,20H,7-8,11,14-17,29H2,1-2H3,(H2,30,35). The molecule has 1 aliphatic rings. The highest BCUT2D eigenvalue weighted by Crippen LogP contribution is 2.22. The van der Waals surface area contributed by atoms with Crippen LogP contribution < -0.4 is 32.2 Å². The first-order chi connectivity index (χ1) is 18.8. The van der Waals surface area contributed by atoms with E-state index >= 15 is 0 Å². The van der Waals surface area contributed by atoms with Crippen LogP contribution in [0.3, 0.4) is 0 Å². The van der Waals surface area contributed by atoms with Crippen molar-refractivity contribution in [3.05, 3.63) is 86.1 Å². The number of rotatable bonds is 10. The predicted molar refractivity (Wildman–Crippen MR) is 146 cm³/mol. The van der Waals surface area contributed by atoms with Gasteiger partial charge in [0.15, 0.2) is 5.78 Å². The van der Waals surface area contributed by atoms with E-state index in [9.17, 15) is 19.2 Å². The van der Waals surface area contributed by atoms with Gasteiger partial charge in [-0.3, -0.25) is 28.4 Å². The third kappa shape index (κ3) is 5.73. The Labute approximate surface area is 225 Å². The average molecular weight is 536 g/mol. The zero-order valence-corrected chi connectivity index (χ0v) is 22.1. The average Bonchev–Trinajstić information content (AvgIpc) is 2.94. The number of hydrogen-bond acceptors (Lipinski definition) is 8. The molecule has 0 radical (unpaired) electrons. The van der Waals surface area contributed by atoms with Gasteiger partial charge >= 0.3 is 5.69 Å². The lowest BCUT2D eigenvalue weighted by Crippen LogP contribution is -2.51. The van der Waals surface area contributed by atoms with Gasteiger partial charge in [-0.05, 0) is 31.5 Å². The van der Waals surface area contributed by atoms with Crippen LogP contribution in [0.1, 0.15) is 40.7 Å². The van der Waals surface area contributed by atoms with Gasteiger partial charge in [0.25, 0.3) is 5.56 Å². The molecule has 11 nitrogen and oxygen atoms in total. The second-order valence-electron chi connectivity index (χ2n) is 9.45. The minimum absolute atomic E-state index is 0.0329. The number of likely N-dealkylation sites (tertiary alicyclic amines) is 1. The summed E-state index contributed by atoms with van der Waals surface area (Å²) in [7, 11) is 3.00. The molecular formula is C28H33N5O6. The molecule has 0 aliphatic carbocycles. The van der Waals surface area contributed by atoms with Crippen LogP contribution in [0.2, 0.25) is 0 Å². The topological polar surface area (TPSA) is 152 Å². The molecule has 206 valence electrons. The highest BCUT2D eigenvalue weighted by molar-refractivity contribution is 6.01. The van der Waals surface area contributed by atoms with E-state index in [1.54, 1.807) is 53.4 Å². The van der Waals surface area contributed by atoms with E-state index in [4.69, 9.17) is 20.9 Å². The molecule has 4 rings (SSSR count). The van der Waals surface area contributed by atoms with Crippen molar-refractivity contribution in [2.24, 2.45) is 5.73 Å². The van der Waals surface area contributed by atoms with Gasteiger partial charge in [-0.2, -0.15) is 0 Å². The van der Waals surface area contributed by atoms with Crippen LogP contribution in [0.25, 0.3) is 0 Å². The maximum Gasteiger partial charge on any atom is 0.333 e. The SMILES string of the molecule is COc1ccccc1Cn1c(N)c(C(=O)CN2CCCCC2C(N)=O)c(=O)n(Cc2ccccc2OC)c1=O. The van der Waals surface area contributed by atoms with Crippen molar-refractivity contribution in [2.75, 3.05) is 33.0 Å². The number of nitrogen functional groups attached to an aromatic ring is 1. The van der Waals surface area contributed by atoms with Crippen molar-refractivity contribution in [1.29, 1.82) is 0 Å². The number of carbonyl (C=O) groups excluding carboxylic acids is 2. The number of primary amides is 1. The first-order valence-electron chi connectivity index (χ1n) is 12.7. The molecular weight excluding hydrogens is 502 g/mol. The molecule has 1 aliphatic heterocycles. The number of amides is 1. The molecule has 1 unspecified atom stereocenters. The summed E-state index contributed by atoms with van der Waals surface area (Å²) in [6.45, 7) is 0.0840. The number of aromatic nitrogens is 2. The number of carbonyl (C=O) groups is 2. The molecule has 39 heavy (non-hydrogen) atoms. The van der Waals surface area contributed by atoms with Gasteiger partial charge in [-0.1, -0.05) is 42.8 Å². The first kappa shape index (κ1) is 27.6. The van der Waals surface area contributed by atoms with Crippen LogP contribution in [0.15, 0.2) is 58.1 Å². The number of para-hydroxylation sites is 2. The van der Waals surface area contributed by atoms with Crippen molar-refractivity contribution in [2.45, 2.75) is 38.4 Å².